The first-order valence-electron chi connectivity index (χ1n) is 6.97. The van der Waals surface area contributed by atoms with E-state index < -0.39 is 23.5 Å². The molecule has 0 aliphatic heterocycles. The molecule has 0 heterocycles. The molecule has 112 valence electrons. The minimum Gasteiger partial charge on any atom is -0.444 e. The van der Waals surface area contributed by atoms with Gasteiger partial charge in [-0.2, -0.15) is 0 Å². The number of carbonyl (C=O) groups is 1. The van der Waals surface area contributed by atoms with Crippen LogP contribution in [0.2, 0.25) is 0 Å². The van der Waals surface area contributed by atoms with Crippen molar-refractivity contribution in [1.29, 1.82) is 0 Å². The quantitative estimate of drug-likeness (QED) is 0.839. The maximum atomic E-state index is 12.7. The normalized spacial score (nSPS) is 19.3. The standard InChI is InChI=1S/C14H25F2NO2/c1-13(2,3)19-12(18)17-10-14(9-11(15)16)7-5-4-6-8-14/h11H,4-10H2,1-3H3,(H,17,18). The second-order valence-corrected chi connectivity index (χ2v) is 6.51. The summed E-state index contributed by atoms with van der Waals surface area (Å²) in [5, 5.41) is 2.66. The minimum atomic E-state index is -2.32. The van der Waals surface area contributed by atoms with Crippen LogP contribution in [0.1, 0.15) is 59.3 Å². The number of hydrogen-bond donors (Lipinski definition) is 1. The molecule has 0 radical (unpaired) electrons. The van der Waals surface area contributed by atoms with E-state index in [4.69, 9.17) is 4.74 Å². The maximum Gasteiger partial charge on any atom is 0.407 e. The number of carbonyl (C=O) groups excluding carboxylic acids is 1. The van der Waals surface area contributed by atoms with Gasteiger partial charge < -0.3 is 10.1 Å². The smallest absolute Gasteiger partial charge is 0.407 e. The number of alkyl halides is 2. The Morgan fingerprint density at radius 2 is 1.84 bits per heavy atom. The van der Waals surface area contributed by atoms with Crippen molar-refractivity contribution < 1.29 is 18.3 Å². The van der Waals surface area contributed by atoms with Crippen molar-refractivity contribution in [2.75, 3.05) is 6.54 Å². The van der Waals surface area contributed by atoms with Crippen molar-refractivity contribution in [3.8, 4) is 0 Å². The second kappa shape index (κ2) is 6.53. The molecule has 1 saturated carbocycles. The van der Waals surface area contributed by atoms with Crippen molar-refractivity contribution >= 4 is 6.09 Å². The zero-order valence-electron chi connectivity index (χ0n) is 12.1. The highest BCUT2D eigenvalue weighted by molar-refractivity contribution is 5.67. The lowest BCUT2D eigenvalue weighted by Crippen LogP contribution is -2.42. The molecule has 1 fully saturated rings. The zero-order chi connectivity index (χ0) is 14.5. The zero-order valence-corrected chi connectivity index (χ0v) is 12.1. The van der Waals surface area contributed by atoms with Crippen LogP contribution in [0.5, 0.6) is 0 Å². The molecular formula is C14H25F2NO2. The first-order valence-corrected chi connectivity index (χ1v) is 6.97. The van der Waals surface area contributed by atoms with Crippen LogP contribution >= 0.6 is 0 Å². The second-order valence-electron chi connectivity index (χ2n) is 6.51. The molecule has 0 atom stereocenters. The van der Waals surface area contributed by atoms with Crippen LogP contribution in [0.25, 0.3) is 0 Å². The van der Waals surface area contributed by atoms with Crippen molar-refractivity contribution in [2.45, 2.75) is 71.3 Å². The summed E-state index contributed by atoms with van der Waals surface area (Å²) in [5.41, 5.74) is -1.02. The first kappa shape index (κ1) is 16.2. The molecule has 0 aromatic heterocycles. The Morgan fingerprint density at radius 3 is 2.32 bits per heavy atom. The Hall–Kier alpha value is -0.870. The Balaban J connectivity index is 2.51. The molecule has 0 saturated heterocycles. The van der Waals surface area contributed by atoms with Gasteiger partial charge in [-0.15, -0.1) is 0 Å². The highest BCUT2D eigenvalue weighted by atomic mass is 19.3. The van der Waals surface area contributed by atoms with Crippen molar-refractivity contribution in [1.82, 2.24) is 5.32 Å². The van der Waals surface area contributed by atoms with E-state index in [0.717, 1.165) is 32.1 Å². The van der Waals surface area contributed by atoms with Crippen LogP contribution < -0.4 is 5.32 Å². The van der Waals surface area contributed by atoms with Gasteiger partial charge in [0.15, 0.2) is 0 Å². The predicted molar refractivity (Wildman–Crippen MR) is 70.4 cm³/mol. The number of ether oxygens (including phenoxy) is 1. The molecule has 1 amide bonds. The maximum absolute atomic E-state index is 12.7. The number of amides is 1. The summed E-state index contributed by atoms with van der Waals surface area (Å²) in [6.07, 6.45) is 1.55. The van der Waals surface area contributed by atoms with E-state index in [-0.39, 0.29) is 13.0 Å². The van der Waals surface area contributed by atoms with Crippen LogP contribution in [0.15, 0.2) is 0 Å². The summed E-state index contributed by atoms with van der Waals surface area (Å²) in [7, 11) is 0. The minimum absolute atomic E-state index is 0.136. The number of alkyl carbamates (subject to hydrolysis) is 1. The van der Waals surface area contributed by atoms with Crippen molar-refractivity contribution in [2.24, 2.45) is 5.41 Å². The van der Waals surface area contributed by atoms with E-state index in [2.05, 4.69) is 5.32 Å². The molecule has 0 spiro atoms. The Bertz CT molecular complexity index is 294. The highest BCUT2D eigenvalue weighted by Gasteiger charge is 2.35. The Morgan fingerprint density at radius 1 is 1.26 bits per heavy atom. The van der Waals surface area contributed by atoms with E-state index in [1.165, 1.54) is 0 Å². The molecule has 0 aromatic rings. The van der Waals surface area contributed by atoms with Gasteiger partial charge in [0, 0.05) is 13.0 Å². The molecule has 0 unspecified atom stereocenters. The molecule has 1 aliphatic rings. The SMILES string of the molecule is CC(C)(C)OC(=O)NCC1(CC(F)F)CCCCC1. The summed E-state index contributed by atoms with van der Waals surface area (Å²) < 4.78 is 30.6. The van der Waals surface area contributed by atoms with Gasteiger partial charge >= 0.3 is 6.09 Å². The Kier molecular flexibility index (Phi) is 5.56. The van der Waals surface area contributed by atoms with Gasteiger partial charge in [-0.05, 0) is 39.0 Å². The fraction of sp³-hybridized carbons (Fsp3) is 0.929. The van der Waals surface area contributed by atoms with E-state index in [9.17, 15) is 13.6 Å². The van der Waals surface area contributed by atoms with E-state index >= 15 is 0 Å². The number of rotatable bonds is 4. The molecule has 1 rings (SSSR count). The monoisotopic (exact) mass is 277 g/mol. The largest absolute Gasteiger partial charge is 0.444 e. The molecular weight excluding hydrogens is 252 g/mol. The first-order chi connectivity index (χ1) is 8.72. The molecule has 1 N–H and O–H groups in total. The van der Waals surface area contributed by atoms with Crippen LogP contribution in [0.3, 0.4) is 0 Å². The molecule has 19 heavy (non-hydrogen) atoms. The Labute approximate surface area is 114 Å². The summed E-state index contributed by atoms with van der Waals surface area (Å²) in [6, 6.07) is 0. The third-order valence-electron chi connectivity index (χ3n) is 3.51. The third kappa shape index (κ3) is 6.21. The average molecular weight is 277 g/mol. The third-order valence-corrected chi connectivity index (χ3v) is 3.51. The molecule has 0 bridgehead atoms. The van der Waals surface area contributed by atoms with Crippen molar-refractivity contribution in [3.05, 3.63) is 0 Å². The van der Waals surface area contributed by atoms with Gasteiger partial charge in [0.25, 0.3) is 0 Å². The van der Waals surface area contributed by atoms with Crippen LogP contribution in [-0.2, 0) is 4.74 Å². The fourth-order valence-electron chi connectivity index (χ4n) is 2.66. The highest BCUT2D eigenvalue weighted by Crippen LogP contribution is 2.40. The fourth-order valence-corrected chi connectivity index (χ4v) is 2.66. The van der Waals surface area contributed by atoms with Crippen LogP contribution in [-0.4, -0.2) is 24.7 Å². The van der Waals surface area contributed by atoms with Gasteiger partial charge in [0.1, 0.15) is 5.60 Å². The topological polar surface area (TPSA) is 38.3 Å². The van der Waals surface area contributed by atoms with Gasteiger partial charge in [-0.25, -0.2) is 13.6 Å². The van der Waals surface area contributed by atoms with Crippen molar-refractivity contribution in [3.63, 3.8) is 0 Å². The molecule has 5 heteroatoms. The molecule has 0 aromatic carbocycles. The summed E-state index contributed by atoms with van der Waals surface area (Å²) >= 11 is 0. The van der Waals surface area contributed by atoms with E-state index in [1.807, 2.05) is 0 Å². The molecule has 3 nitrogen and oxygen atoms in total. The number of hydrogen-bond acceptors (Lipinski definition) is 2. The lowest BCUT2D eigenvalue weighted by atomic mass is 9.72. The summed E-state index contributed by atoms with van der Waals surface area (Å²) in [4.78, 5) is 11.6. The van der Waals surface area contributed by atoms with Gasteiger partial charge in [0.2, 0.25) is 6.43 Å². The van der Waals surface area contributed by atoms with Gasteiger partial charge in [-0.1, -0.05) is 19.3 Å². The van der Waals surface area contributed by atoms with E-state index in [0.29, 0.717) is 0 Å². The van der Waals surface area contributed by atoms with Crippen LogP contribution in [0.4, 0.5) is 13.6 Å². The lowest BCUT2D eigenvalue weighted by Gasteiger charge is -2.37. The van der Waals surface area contributed by atoms with Gasteiger partial charge in [-0.3, -0.25) is 0 Å². The lowest BCUT2D eigenvalue weighted by molar-refractivity contribution is 0.0322. The van der Waals surface area contributed by atoms with Crippen LogP contribution in [0, 0.1) is 5.41 Å². The average Bonchev–Trinajstić information content (AvgIpc) is 2.24. The number of halogens is 2. The van der Waals surface area contributed by atoms with E-state index in [1.54, 1.807) is 20.8 Å². The summed E-state index contributed by atoms with van der Waals surface area (Å²) in [5.74, 6) is 0. The summed E-state index contributed by atoms with van der Waals surface area (Å²) in [6.45, 7) is 5.62. The molecule has 1 aliphatic carbocycles. The number of nitrogens with one attached hydrogen (secondary N) is 1. The predicted octanol–water partition coefficient (Wildman–Crippen LogP) is 4.12. The van der Waals surface area contributed by atoms with Gasteiger partial charge in [0.05, 0.1) is 0 Å².